The number of hydrogen-bond acceptors (Lipinski definition) is 5. The SMILES string of the molecule is O=C(NCc1ccco1)c1ccnc(C(=O)N2CCOCC2)c1. The number of rotatable bonds is 4. The van der Waals surface area contributed by atoms with E-state index in [1.54, 1.807) is 29.4 Å². The van der Waals surface area contributed by atoms with Gasteiger partial charge in [0, 0.05) is 24.8 Å². The number of aromatic nitrogens is 1. The van der Waals surface area contributed by atoms with Crippen LogP contribution >= 0.6 is 0 Å². The van der Waals surface area contributed by atoms with Gasteiger partial charge < -0.3 is 19.4 Å². The second-order valence-electron chi connectivity index (χ2n) is 5.10. The molecule has 2 aromatic rings. The first-order chi connectivity index (χ1) is 11.2. The highest BCUT2D eigenvalue weighted by Gasteiger charge is 2.20. The average Bonchev–Trinajstić information content (AvgIpc) is 3.13. The second kappa shape index (κ2) is 7.06. The molecule has 1 saturated heterocycles. The molecular formula is C16H17N3O4. The van der Waals surface area contributed by atoms with E-state index in [-0.39, 0.29) is 17.5 Å². The van der Waals surface area contributed by atoms with Gasteiger partial charge in [0.25, 0.3) is 11.8 Å². The molecule has 3 rings (SSSR count). The van der Waals surface area contributed by atoms with Crippen LogP contribution in [0, 0.1) is 0 Å². The highest BCUT2D eigenvalue weighted by Crippen LogP contribution is 2.08. The van der Waals surface area contributed by atoms with Gasteiger partial charge in [0.2, 0.25) is 0 Å². The van der Waals surface area contributed by atoms with Crippen LogP contribution in [0.15, 0.2) is 41.1 Å². The lowest BCUT2D eigenvalue weighted by Crippen LogP contribution is -2.41. The first-order valence-electron chi connectivity index (χ1n) is 7.38. The van der Waals surface area contributed by atoms with E-state index < -0.39 is 0 Å². The summed E-state index contributed by atoms with van der Waals surface area (Å²) in [7, 11) is 0. The highest BCUT2D eigenvalue weighted by molar-refractivity contribution is 5.98. The maximum Gasteiger partial charge on any atom is 0.272 e. The molecule has 1 aliphatic rings. The molecule has 7 heteroatoms. The summed E-state index contributed by atoms with van der Waals surface area (Å²) in [6.45, 7) is 2.41. The van der Waals surface area contributed by atoms with Crippen LogP contribution in [0.3, 0.4) is 0 Å². The van der Waals surface area contributed by atoms with E-state index in [4.69, 9.17) is 9.15 Å². The molecular weight excluding hydrogens is 298 g/mol. The number of hydrogen-bond donors (Lipinski definition) is 1. The Bertz CT molecular complexity index is 678. The Labute approximate surface area is 133 Å². The quantitative estimate of drug-likeness (QED) is 0.912. The molecule has 1 N–H and O–H groups in total. The minimum absolute atomic E-state index is 0.186. The number of ether oxygens (including phenoxy) is 1. The first-order valence-corrected chi connectivity index (χ1v) is 7.38. The molecule has 23 heavy (non-hydrogen) atoms. The van der Waals surface area contributed by atoms with Crippen molar-refractivity contribution in [3.8, 4) is 0 Å². The Morgan fingerprint density at radius 3 is 2.83 bits per heavy atom. The van der Waals surface area contributed by atoms with E-state index in [1.807, 2.05) is 0 Å². The van der Waals surface area contributed by atoms with Crippen LogP contribution in [0.4, 0.5) is 0 Å². The predicted octanol–water partition coefficient (Wildman–Crippen LogP) is 1.08. The van der Waals surface area contributed by atoms with E-state index in [9.17, 15) is 9.59 Å². The van der Waals surface area contributed by atoms with Crippen LogP contribution in [0.5, 0.6) is 0 Å². The monoisotopic (exact) mass is 315 g/mol. The van der Waals surface area contributed by atoms with Crippen LogP contribution in [0.25, 0.3) is 0 Å². The number of furan rings is 1. The summed E-state index contributed by atoms with van der Waals surface area (Å²) in [5.41, 5.74) is 0.653. The molecule has 1 aliphatic heterocycles. The molecule has 0 atom stereocenters. The number of pyridine rings is 1. The van der Waals surface area contributed by atoms with Crippen molar-refractivity contribution in [1.29, 1.82) is 0 Å². The maximum atomic E-state index is 12.4. The number of carbonyl (C=O) groups excluding carboxylic acids is 2. The molecule has 2 aromatic heterocycles. The summed E-state index contributed by atoms with van der Waals surface area (Å²) in [5.74, 6) is 0.200. The average molecular weight is 315 g/mol. The molecule has 3 heterocycles. The van der Waals surface area contributed by atoms with Crippen molar-refractivity contribution in [3.05, 3.63) is 53.7 Å². The third kappa shape index (κ3) is 3.75. The van der Waals surface area contributed by atoms with E-state index in [0.717, 1.165) is 0 Å². The van der Waals surface area contributed by atoms with Crippen molar-refractivity contribution >= 4 is 11.8 Å². The first kappa shape index (κ1) is 15.2. The van der Waals surface area contributed by atoms with Crippen molar-refractivity contribution in [2.45, 2.75) is 6.54 Å². The minimum Gasteiger partial charge on any atom is -0.467 e. The largest absolute Gasteiger partial charge is 0.467 e. The lowest BCUT2D eigenvalue weighted by Gasteiger charge is -2.26. The number of nitrogens with one attached hydrogen (secondary N) is 1. The van der Waals surface area contributed by atoms with E-state index in [1.165, 1.54) is 12.3 Å². The zero-order valence-electron chi connectivity index (χ0n) is 12.5. The van der Waals surface area contributed by atoms with Crippen LogP contribution in [0.2, 0.25) is 0 Å². The maximum absolute atomic E-state index is 12.4. The van der Waals surface area contributed by atoms with Crippen molar-refractivity contribution < 1.29 is 18.7 Å². The van der Waals surface area contributed by atoms with Crippen molar-refractivity contribution in [3.63, 3.8) is 0 Å². The van der Waals surface area contributed by atoms with Gasteiger partial charge in [-0.15, -0.1) is 0 Å². The molecule has 0 saturated carbocycles. The zero-order chi connectivity index (χ0) is 16.1. The van der Waals surface area contributed by atoms with E-state index in [2.05, 4.69) is 10.3 Å². The van der Waals surface area contributed by atoms with Gasteiger partial charge in [-0.05, 0) is 24.3 Å². The number of carbonyl (C=O) groups is 2. The minimum atomic E-state index is -0.278. The molecule has 0 bridgehead atoms. The van der Waals surface area contributed by atoms with Crippen LogP contribution in [-0.2, 0) is 11.3 Å². The summed E-state index contributed by atoms with van der Waals surface area (Å²) in [5, 5.41) is 2.74. The highest BCUT2D eigenvalue weighted by atomic mass is 16.5. The summed E-state index contributed by atoms with van der Waals surface area (Å²) < 4.78 is 10.4. The molecule has 1 fully saturated rings. The molecule has 2 amide bonds. The van der Waals surface area contributed by atoms with Crippen LogP contribution in [0.1, 0.15) is 26.6 Å². The van der Waals surface area contributed by atoms with Crippen LogP contribution in [-0.4, -0.2) is 48.0 Å². The van der Waals surface area contributed by atoms with Gasteiger partial charge in [0.05, 0.1) is 26.0 Å². The summed E-state index contributed by atoms with van der Waals surface area (Å²) in [6, 6.07) is 6.62. The molecule has 0 aromatic carbocycles. The van der Waals surface area contributed by atoms with Gasteiger partial charge in [0.15, 0.2) is 0 Å². The Morgan fingerprint density at radius 1 is 1.26 bits per heavy atom. The number of nitrogens with zero attached hydrogens (tertiary/aromatic N) is 2. The Hall–Kier alpha value is -2.67. The third-order valence-electron chi connectivity index (χ3n) is 3.54. The molecule has 0 aliphatic carbocycles. The van der Waals surface area contributed by atoms with E-state index in [0.29, 0.717) is 44.2 Å². The van der Waals surface area contributed by atoms with Gasteiger partial charge in [-0.1, -0.05) is 0 Å². The lowest BCUT2D eigenvalue weighted by molar-refractivity contribution is 0.0299. The summed E-state index contributed by atoms with van der Waals surface area (Å²) in [4.78, 5) is 30.3. The lowest BCUT2D eigenvalue weighted by atomic mass is 10.2. The van der Waals surface area contributed by atoms with Crippen molar-refractivity contribution in [1.82, 2.24) is 15.2 Å². The molecule has 0 radical (unpaired) electrons. The zero-order valence-corrected chi connectivity index (χ0v) is 12.5. The van der Waals surface area contributed by atoms with Gasteiger partial charge in [-0.25, -0.2) is 0 Å². The standard InChI is InChI=1S/C16H17N3O4/c20-15(18-11-13-2-1-7-23-13)12-3-4-17-14(10-12)16(21)19-5-8-22-9-6-19/h1-4,7,10H,5-6,8-9,11H2,(H,18,20). The topological polar surface area (TPSA) is 84.7 Å². The predicted molar refractivity (Wildman–Crippen MR) is 80.8 cm³/mol. The fourth-order valence-electron chi connectivity index (χ4n) is 2.30. The van der Waals surface area contributed by atoms with Gasteiger partial charge in [0.1, 0.15) is 11.5 Å². The van der Waals surface area contributed by atoms with Gasteiger partial charge >= 0.3 is 0 Å². The third-order valence-corrected chi connectivity index (χ3v) is 3.54. The van der Waals surface area contributed by atoms with Crippen molar-refractivity contribution in [2.75, 3.05) is 26.3 Å². The smallest absolute Gasteiger partial charge is 0.272 e. The van der Waals surface area contributed by atoms with E-state index >= 15 is 0 Å². The van der Waals surface area contributed by atoms with Gasteiger partial charge in [-0.2, -0.15) is 0 Å². The Balaban J connectivity index is 1.66. The fourth-order valence-corrected chi connectivity index (χ4v) is 2.30. The van der Waals surface area contributed by atoms with Gasteiger partial charge in [-0.3, -0.25) is 14.6 Å². The summed E-state index contributed by atoms with van der Waals surface area (Å²) in [6.07, 6.45) is 3.02. The fraction of sp³-hybridized carbons (Fsp3) is 0.312. The molecule has 120 valence electrons. The molecule has 7 nitrogen and oxygen atoms in total. The van der Waals surface area contributed by atoms with Crippen LogP contribution < -0.4 is 5.32 Å². The molecule has 0 spiro atoms. The Morgan fingerprint density at radius 2 is 2.09 bits per heavy atom. The van der Waals surface area contributed by atoms with Crippen molar-refractivity contribution in [2.24, 2.45) is 0 Å². The Kier molecular flexibility index (Phi) is 4.68. The molecule has 0 unspecified atom stereocenters. The number of morpholine rings is 1. The number of amides is 2. The normalized spacial score (nSPS) is 14.5. The second-order valence-corrected chi connectivity index (χ2v) is 5.10. The summed E-state index contributed by atoms with van der Waals surface area (Å²) >= 11 is 0.